The Kier molecular flexibility index (Phi) is 5.89. The van der Waals surface area contributed by atoms with Crippen LogP contribution in [-0.4, -0.2) is 33.8 Å². The zero-order chi connectivity index (χ0) is 12.9. The Labute approximate surface area is 106 Å². The van der Waals surface area contributed by atoms with Gasteiger partial charge < -0.3 is 5.32 Å². The van der Waals surface area contributed by atoms with Crippen LogP contribution in [0.25, 0.3) is 0 Å². The molecule has 4 nitrogen and oxygen atoms in total. The number of rotatable bonds is 6. The van der Waals surface area contributed by atoms with E-state index in [1.165, 1.54) is 0 Å². The smallest absolute Gasteiger partial charge is 0.211 e. The number of piperidine rings is 1. The van der Waals surface area contributed by atoms with E-state index < -0.39 is 10.0 Å². The summed E-state index contributed by atoms with van der Waals surface area (Å²) in [5.41, 5.74) is 0. The Hall–Kier alpha value is -0.130. The van der Waals surface area contributed by atoms with E-state index in [2.05, 4.69) is 30.8 Å². The lowest BCUT2D eigenvalue weighted by Crippen LogP contribution is -2.37. The van der Waals surface area contributed by atoms with Gasteiger partial charge in [0.05, 0.1) is 5.75 Å². The SMILES string of the molecule is CC(C)C(C)CNS(=O)(=O)CC1CCNCC1. The third-order valence-electron chi connectivity index (χ3n) is 3.68. The normalized spacial score (nSPS) is 20.7. The molecule has 0 aromatic heterocycles. The fourth-order valence-corrected chi connectivity index (χ4v) is 3.50. The third kappa shape index (κ3) is 5.84. The second kappa shape index (κ2) is 6.71. The van der Waals surface area contributed by atoms with Crippen LogP contribution in [0.2, 0.25) is 0 Å². The molecule has 0 radical (unpaired) electrons. The van der Waals surface area contributed by atoms with Crippen LogP contribution in [0.1, 0.15) is 33.6 Å². The topological polar surface area (TPSA) is 58.2 Å². The van der Waals surface area contributed by atoms with Gasteiger partial charge in [0, 0.05) is 6.54 Å². The van der Waals surface area contributed by atoms with Crippen molar-refractivity contribution in [2.45, 2.75) is 33.6 Å². The summed E-state index contributed by atoms with van der Waals surface area (Å²) < 4.78 is 26.5. The van der Waals surface area contributed by atoms with Crippen molar-refractivity contribution in [3.05, 3.63) is 0 Å². The standard InChI is InChI=1S/C12H26N2O2S/c1-10(2)11(3)8-14-17(15,16)9-12-4-6-13-7-5-12/h10-14H,4-9H2,1-3H3. The molecule has 0 aromatic rings. The van der Waals surface area contributed by atoms with Crippen molar-refractivity contribution in [2.75, 3.05) is 25.4 Å². The van der Waals surface area contributed by atoms with E-state index in [9.17, 15) is 8.42 Å². The lowest BCUT2D eigenvalue weighted by Gasteiger charge is -2.23. The molecule has 0 spiro atoms. The fourth-order valence-electron chi connectivity index (χ4n) is 1.91. The van der Waals surface area contributed by atoms with Crippen LogP contribution < -0.4 is 10.0 Å². The monoisotopic (exact) mass is 262 g/mol. The van der Waals surface area contributed by atoms with E-state index in [0.29, 0.717) is 30.1 Å². The molecule has 5 heteroatoms. The van der Waals surface area contributed by atoms with E-state index in [-0.39, 0.29) is 0 Å². The Balaban J connectivity index is 2.34. The van der Waals surface area contributed by atoms with E-state index in [4.69, 9.17) is 0 Å². The van der Waals surface area contributed by atoms with Gasteiger partial charge in [-0.05, 0) is 43.7 Å². The average molecular weight is 262 g/mol. The molecule has 0 amide bonds. The van der Waals surface area contributed by atoms with Crippen LogP contribution in [0.3, 0.4) is 0 Å². The lowest BCUT2D eigenvalue weighted by atomic mass is 9.99. The third-order valence-corrected chi connectivity index (χ3v) is 5.19. The van der Waals surface area contributed by atoms with Gasteiger partial charge in [0.2, 0.25) is 10.0 Å². The second-order valence-electron chi connectivity index (χ2n) is 5.54. The van der Waals surface area contributed by atoms with Crippen LogP contribution >= 0.6 is 0 Å². The molecule has 1 aliphatic heterocycles. The van der Waals surface area contributed by atoms with Crippen molar-refractivity contribution < 1.29 is 8.42 Å². The van der Waals surface area contributed by atoms with Crippen molar-refractivity contribution in [3.63, 3.8) is 0 Å². The molecule has 1 heterocycles. The maximum absolute atomic E-state index is 11.9. The summed E-state index contributed by atoms with van der Waals surface area (Å²) >= 11 is 0. The van der Waals surface area contributed by atoms with Gasteiger partial charge in [-0.1, -0.05) is 20.8 Å². The van der Waals surface area contributed by atoms with Crippen molar-refractivity contribution in [1.82, 2.24) is 10.0 Å². The Morgan fingerprint density at radius 3 is 2.35 bits per heavy atom. The molecule has 1 rings (SSSR count). The van der Waals surface area contributed by atoms with Crippen LogP contribution in [-0.2, 0) is 10.0 Å². The van der Waals surface area contributed by atoms with E-state index in [1.54, 1.807) is 0 Å². The molecule has 0 aliphatic carbocycles. The molecule has 0 aromatic carbocycles. The molecule has 1 atom stereocenters. The zero-order valence-corrected chi connectivity index (χ0v) is 12.0. The van der Waals surface area contributed by atoms with Gasteiger partial charge in [-0.2, -0.15) is 0 Å². The molecule has 1 fully saturated rings. The largest absolute Gasteiger partial charge is 0.317 e. The van der Waals surface area contributed by atoms with Crippen molar-refractivity contribution in [2.24, 2.45) is 17.8 Å². The van der Waals surface area contributed by atoms with Gasteiger partial charge in [-0.25, -0.2) is 13.1 Å². The second-order valence-corrected chi connectivity index (χ2v) is 7.40. The molecule has 1 saturated heterocycles. The van der Waals surface area contributed by atoms with Crippen LogP contribution in [0.15, 0.2) is 0 Å². The summed E-state index contributed by atoms with van der Waals surface area (Å²) in [4.78, 5) is 0. The van der Waals surface area contributed by atoms with Gasteiger partial charge in [-0.3, -0.25) is 0 Å². The first kappa shape index (κ1) is 14.9. The first-order valence-electron chi connectivity index (χ1n) is 6.59. The van der Waals surface area contributed by atoms with Crippen LogP contribution in [0.4, 0.5) is 0 Å². The minimum absolute atomic E-state index is 0.291. The quantitative estimate of drug-likeness (QED) is 0.756. The van der Waals surface area contributed by atoms with Gasteiger partial charge >= 0.3 is 0 Å². The molecular weight excluding hydrogens is 236 g/mol. The van der Waals surface area contributed by atoms with Crippen LogP contribution in [0, 0.1) is 17.8 Å². The molecule has 17 heavy (non-hydrogen) atoms. The fraction of sp³-hybridized carbons (Fsp3) is 1.00. The number of hydrogen-bond donors (Lipinski definition) is 2. The summed E-state index contributed by atoms with van der Waals surface area (Å²) in [5.74, 6) is 1.51. The lowest BCUT2D eigenvalue weighted by molar-refractivity contribution is 0.394. The minimum Gasteiger partial charge on any atom is -0.317 e. The van der Waals surface area contributed by atoms with Gasteiger partial charge in [0.25, 0.3) is 0 Å². The van der Waals surface area contributed by atoms with E-state index in [1.807, 2.05) is 0 Å². The van der Waals surface area contributed by atoms with Gasteiger partial charge in [-0.15, -0.1) is 0 Å². The maximum Gasteiger partial charge on any atom is 0.211 e. The Bertz CT molecular complexity index is 308. The predicted molar refractivity (Wildman–Crippen MR) is 71.4 cm³/mol. The molecule has 1 aliphatic rings. The summed E-state index contributed by atoms with van der Waals surface area (Å²) in [6, 6.07) is 0. The van der Waals surface area contributed by atoms with E-state index >= 15 is 0 Å². The number of nitrogens with one attached hydrogen (secondary N) is 2. The molecule has 102 valence electrons. The van der Waals surface area contributed by atoms with Gasteiger partial charge in [0.1, 0.15) is 0 Å². The highest BCUT2D eigenvalue weighted by atomic mass is 32.2. The van der Waals surface area contributed by atoms with E-state index in [0.717, 1.165) is 25.9 Å². The average Bonchev–Trinajstić information content (AvgIpc) is 2.26. The van der Waals surface area contributed by atoms with Crippen LogP contribution in [0.5, 0.6) is 0 Å². The summed E-state index contributed by atoms with van der Waals surface area (Å²) in [7, 11) is -3.09. The number of sulfonamides is 1. The molecule has 2 N–H and O–H groups in total. The molecule has 0 saturated carbocycles. The first-order chi connectivity index (χ1) is 7.91. The van der Waals surface area contributed by atoms with Gasteiger partial charge in [0.15, 0.2) is 0 Å². The highest BCUT2D eigenvalue weighted by molar-refractivity contribution is 7.89. The van der Waals surface area contributed by atoms with Crippen molar-refractivity contribution in [3.8, 4) is 0 Å². The Morgan fingerprint density at radius 2 is 1.82 bits per heavy atom. The minimum atomic E-state index is -3.09. The molecule has 1 unspecified atom stereocenters. The Morgan fingerprint density at radius 1 is 1.24 bits per heavy atom. The highest BCUT2D eigenvalue weighted by Crippen LogP contribution is 2.14. The first-order valence-corrected chi connectivity index (χ1v) is 8.24. The summed E-state index contributed by atoms with van der Waals surface area (Å²) in [6.07, 6.45) is 1.95. The van der Waals surface area contributed by atoms with Crippen molar-refractivity contribution >= 4 is 10.0 Å². The molecule has 0 bridgehead atoms. The summed E-state index contributed by atoms with van der Waals surface area (Å²) in [5, 5.41) is 3.25. The van der Waals surface area contributed by atoms with Crippen molar-refractivity contribution in [1.29, 1.82) is 0 Å². The zero-order valence-electron chi connectivity index (χ0n) is 11.2. The maximum atomic E-state index is 11.9. The highest BCUT2D eigenvalue weighted by Gasteiger charge is 2.21. The number of hydrogen-bond acceptors (Lipinski definition) is 3. The predicted octanol–water partition coefficient (Wildman–Crippen LogP) is 1.20. The summed E-state index contributed by atoms with van der Waals surface area (Å²) in [6.45, 7) is 8.77. The molecular formula is C12H26N2O2S.